The lowest BCUT2D eigenvalue weighted by Crippen LogP contribution is -2.45. The maximum absolute atomic E-state index is 6.10. The number of benzene rings is 1. The van der Waals surface area contributed by atoms with Gasteiger partial charge in [0.05, 0.1) is 0 Å². The van der Waals surface area contributed by atoms with Crippen LogP contribution < -0.4 is 5.73 Å². The monoisotopic (exact) mass is 292 g/mol. The number of hydrogen-bond acceptors (Lipinski definition) is 4. The Balaban J connectivity index is 1.97. The fraction of sp³-hybridized carbons (Fsp3) is 0.467. The van der Waals surface area contributed by atoms with Gasteiger partial charge in [0.2, 0.25) is 0 Å². The zero-order valence-corrected chi connectivity index (χ0v) is 12.8. The van der Waals surface area contributed by atoms with Crippen LogP contribution in [0.15, 0.2) is 29.6 Å². The first-order valence-electron chi connectivity index (χ1n) is 6.81. The van der Waals surface area contributed by atoms with Crippen molar-refractivity contribution < 1.29 is 0 Å². The Morgan fingerprint density at radius 1 is 1.42 bits per heavy atom. The van der Waals surface area contributed by atoms with Gasteiger partial charge in [0.15, 0.2) is 0 Å². The maximum atomic E-state index is 6.10. The van der Waals surface area contributed by atoms with E-state index in [1.165, 1.54) is 27.2 Å². The van der Waals surface area contributed by atoms with Gasteiger partial charge in [-0.1, -0.05) is 18.2 Å². The van der Waals surface area contributed by atoms with Gasteiger partial charge < -0.3 is 5.73 Å². The number of hydrogen-bond donors (Lipinski definition) is 1. The van der Waals surface area contributed by atoms with Crippen LogP contribution in [-0.4, -0.2) is 35.5 Å². The van der Waals surface area contributed by atoms with Crippen LogP contribution >= 0.6 is 23.1 Å². The molecule has 1 aliphatic heterocycles. The van der Waals surface area contributed by atoms with Crippen LogP contribution in [0.25, 0.3) is 10.1 Å². The zero-order valence-electron chi connectivity index (χ0n) is 11.2. The molecule has 2 atom stereocenters. The molecule has 1 saturated heterocycles. The molecule has 0 saturated carbocycles. The summed E-state index contributed by atoms with van der Waals surface area (Å²) >= 11 is 3.89. The summed E-state index contributed by atoms with van der Waals surface area (Å²) in [6, 6.07) is 9.65. The molecule has 0 radical (unpaired) electrons. The molecule has 1 aromatic heterocycles. The van der Waals surface area contributed by atoms with E-state index < -0.39 is 0 Å². The average Bonchev–Trinajstić information content (AvgIpc) is 2.86. The van der Waals surface area contributed by atoms with Crippen LogP contribution in [0.5, 0.6) is 0 Å². The van der Waals surface area contributed by atoms with E-state index in [2.05, 4.69) is 53.2 Å². The number of thioether (sulfide) groups is 1. The van der Waals surface area contributed by atoms with E-state index in [0.29, 0.717) is 18.6 Å². The third kappa shape index (κ3) is 2.55. The van der Waals surface area contributed by atoms with E-state index in [1.54, 1.807) is 0 Å². The van der Waals surface area contributed by atoms with Gasteiger partial charge in [0, 0.05) is 41.4 Å². The van der Waals surface area contributed by atoms with Crippen LogP contribution in [-0.2, 0) is 0 Å². The first-order valence-corrected chi connectivity index (χ1v) is 8.84. The highest BCUT2D eigenvalue weighted by atomic mass is 32.2. The fourth-order valence-corrected chi connectivity index (χ4v) is 4.95. The number of nitrogens with zero attached hydrogens (tertiary/aromatic N) is 1. The standard InChI is InChI=1S/C15H20N2S2/c1-11-9-18-7-6-17(11)14(8-16)13-10-19-15-5-3-2-4-12(13)15/h2-5,10-11,14H,6-9,16H2,1H3. The van der Waals surface area contributed by atoms with E-state index in [9.17, 15) is 0 Å². The van der Waals surface area contributed by atoms with E-state index >= 15 is 0 Å². The van der Waals surface area contributed by atoms with Crippen molar-refractivity contribution in [2.75, 3.05) is 24.6 Å². The predicted molar refractivity (Wildman–Crippen MR) is 87.1 cm³/mol. The lowest BCUT2D eigenvalue weighted by atomic mass is 10.0. The topological polar surface area (TPSA) is 29.3 Å². The van der Waals surface area contributed by atoms with Crippen molar-refractivity contribution in [2.24, 2.45) is 5.73 Å². The van der Waals surface area contributed by atoms with Crippen LogP contribution in [0.3, 0.4) is 0 Å². The van der Waals surface area contributed by atoms with Crippen molar-refractivity contribution in [1.82, 2.24) is 4.90 Å². The zero-order chi connectivity index (χ0) is 13.2. The SMILES string of the molecule is CC1CSCCN1C(CN)c1csc2ccccc12. The summed E-state index contributed by atoms with van der Waals surface area (Å²) in [5, 5.41) is 3.68. The molecule has 19 heavy (non-hydrogen) atoms. The van der Waals surface area contributed by atoms with E-state index in [-0.39, 0.29) is 0 Å². The molecule has 0 spiro atoms. The number of fused-ring (bicyclic) bond motifs is 1. The Morgan fingerprint density at radius 3 is 3.05 bits per heavy atom. The summed E-state index contributed by atoms with van der Waals surface area (Å²) in [7, 11) is 0. The number of thiophene rings is 1. The summed E-state index contributed by atoms with van der Waals surface area (Å²) < 4.78 is 1.37. The second kappa shape index (κ2) is 5.83. The average molecular weight is 292 g/mol. The van der Waals surface area contributed by atoms with E-state index in [0.717, 1.165) is 6.54 Å². The van der Waals surface area contributed by atoms with Gasteiger partial charge in [0.1, 0.15) is 0 Å². The molecule has 102 valence electrons. The molecule has 2 nitrogen and oxygen atoms in total. The van der Waals surface area contributed by atoms with Crippen molar-refractivity contribution in [2.45, 2.75) is 19.0 Å². The molecule has 2 unspecified atom stereocenters. The second-order valence-electron chi connectivity index (χ2n) is 5.10. The molecule has 1 fully saturated rings. The predicted octanol–water partition coefficient (Wildman–Crippen LogP) is 3.34. The molecule has 2 aromatic rings. The molecule has 0 aliphatic carbocycles. The van der Waals surface area contributed by atoms with Crippen molar-refractivity contribution in [3.05, 3.63) is 35.2 Å². The minimum absolute atomic E-state index is 0.368. The maximum Gasteiger partial charge on any atom is 0.0488 e. The second-order valence-corrected chi connectivity index (χ2v) is 7.16. The van der Waals surface area contributed by atoms with Crippen molar-refractivity contribution >= 4 is 33.2 Å². The van der Waals surface area contributed by atoms with Crippen LogP contribution in [0, 0.1) is 0 Å². The highest BCUT2D eigenvalue weighted by Crippen LogP contribution is 2.35. The highest BCUT2D eigenvalue weighted by molar-refractivity contribution is 7.99. The van der Waals surface area contributed by atoms with Gasteiger partial charge in [-0.2, -0.15) is 11.8 Å². The molecular formula is C15H20N2S2. The normalized spacial score (nSPS) is 22.7. The quantitative estimate of drug-likeness (QED) is 0.941. The van der Waals surface area contributed by atoms with Gasteiger partial charge in [0.25, 0.3) is 0 Å². The fourth-order valence-electron chi connectivity index (χ4n) is 2.90. The Labute approximate surface area is 123 Å². The van der Waals surface area contributed by atoms with E-state index in [1.807, 2.05) is 11.3 Å². The molecule has 3 rings (SSSR count). The first-order chi connectivity index (χ1) is 9.31. The van der Waals surface area contributed by atoms with Crippen LogP contribution in [0.1, 0.15) is 18.5 Å². The van der Waals surface area contributed by atoms with Crippen LogP contribution in [0.4, 0.5) is 0 Å². The summed E-state index contributed by atoms with van der Waals surface area (Å²) in [6.07, 6.45) is 0. The Bertz CT molecular complexity index is 552. The van der Waals surface area contributed by atoms with Crippen molar-refractivity contribution in [3.63, 3.8) is 0 Å². The summed E-state index contributed by atoms with van der Waals surface area (Å²) in [5.74, 6) is 2.45. The summed E-state index contributed by atoms with van der Waals surface area (Å²) in [5.41, 5.74) is 7.52. The number of nitrogens with two attached hydrogens (primary N) is 1. The number of rotatable bonds is 3. The summed E-state index contributed by atoms with van der Waals surface area (Å²) in [4.78, 5) is 2.59. The van der Waals surface area contributed by atoms with Crippen molar-refractivity contribution in [1.29, 1.82) is 0 Å². The molecule has 2 N–H and O–H groups in total. The molecule has 0 amide bonds. The third-order valence-electron chi connectivity index (χ3n) is 3.91. The van der Waals surface area contributed by atoms with Crippen molar-refractivity contribution in [3.8, 4) is 0 Å². The molecule has 1 aliphatic rings. The lowest BCUT2D eigenvalue weighted by molar-refractivity contribution is 0.167. The lowest BCUT2D eigenvalue weighted by Gasteiger charge is -2.39. The minimum Gasteiger partial charge on any atom is -0.329 e. The first kappa shape index (κ1) is 13.4. The molecular weight excluding hydrogens is 272 g/mol. The Kier molecular flexibility index (Phi) is 4.12. The van der Waals surface area contributed by atoms with E-state index in [4.69, 9.17) is 5.73 Å². The van der Waals surface area contributed by atoms with Crippen LogP contribution in [0.2, 0.25) is 0 Å². The van der Waals surface area contributed by atoms with Gasteiger partial charge in [-0.15, -0.1) is 11.3 Å². The Morgan fingerprint density at radius 2 is 2.26 bits per heavy atom. The largest absolute Gasteiger partial charge is 0.329 e. The molecule has 1 aromatic carbocycles. The van der Waals surface area contributed by atoms with Gasteiger partial charge in [-0.3, -0.25) is 4.90 Å². The smallest absolute Gasteiger partial charge is 0.0488 e. The van der Waals surface area contributed by atoms with Gasteiger partial charge in [-0.05, 0) is 29.3 Å². The third-order valence-corrected chi connectivity index (χ3v) is 6.08. The van der Waals surface area contributed by atoms with Gasteiger partial charge in [-0.25, -0.2) is 0 Å². The highest BCUT2D eigenvalue weighted by Gasteiger charge is 2.28. The molecule has 2 heterocycles. The summed E-state index contributed by atoms with van der Waals surface area (Å²) in [6.45, 7) is 4.18. The van der Waals surface area contributed by atoms with Gasteiger partial charge >= 0.3 is 0 Å². The molecule has 4 heteroatoms. The Hall–Kier alpha value is -0.550. The molecule has 0 bridgehead atoms. The minimum atomic E-state index is 0.368.